The Hall–Kier alpha value is -3.05. The van der Waals surface area contributed by atoms with Gasteiger partial charge in [-0.15, -0.1) is 0 Å². The first-order valence-corrected chi connectivity index (χ1v) is 8.77. The molecule has 1 fully saturated rings. The number of hydrogen-bond acceptors (Lipinski definition) is 4. The molecule has 0 aliphatic carbocycles. The molecule has 0 atom stereocenters. The molecule has 0 radical (unpaired) electrons. The average Bonchev–Trinajstić information content (AvgIpc) is 2.82. The number of anilines is 2. The second-order valence-corrected chi connectivity index (χ2v) is 7.21. The maximum absolute atomic E-state index is 15.0. The van der Waals surface area contributed by atoms with Gasteiger partial charge in [0.25, 0.3) is 5.91 Å². The van der Waals surface area contributed by atoms with Crippen LogP contribution in [0.4, 0.5) is 20.2 Å². The van der Waals surface area contributed by atoms with E-state index in [0.717, 1.165) is 4.90 Å². The molecular formula is C20H17F2N3O2S. The molecule has 8 heteroatoms. The third-order valence-electron chi connectivity index (χ3n) is 4.72. The van der Waals surface area contributed by atoms with Gasteiger partial charge in [0.05, 0.1) is 18.4 Å². The first-order chi connectivity index (χ1) is 13.1. The molecule has 0 aromatic heterocycles. The maximum Gasteiger partial charge on any atom is 0.259 e. The highest BCUT2D eigenvalue weighted by Crippen LogP contribution is 2.39. The van der Waals surface area contributed by atoms with Crippen molar-refractivity contribution >= 4 is 34.6 Å². The fourth-order valence-corrected chi connectivity index (χ4v) is 3.68. The Morgan fingerprint density at radius 1 is 1.21 bits per heavy atom. The number of rotatable bonds is 3. The number of nitriles is 1. The summed E-state index contributed by atoms with van der Waals surface area (Å²) in [6.07, 6.45) is 0. The highest BCUT2D eigenvalue weighted by atomic mass is 32.1. The minimum Gasteiger partial charge on any atom is -0.492 e. The van der Waals surface area contributed by atoms with Gasteiger partial charge in [-0.1, -0.05) is 6.07 Å². The Labute approximate surface area is 166 Å². The van der Waals surface area contributed by atoms with Crippen molar-refractivity contribution in [3.63, 3.8) is 0 Å². The van der Waals surface area contributed by atoms with E-state index in [0.29, 0.717) is 11.3 Å². The van der Waals surface area contributed by atoms with Crippen LogP contribution in [0.1, 0.15) is 25.0 Å². The van der Waals surface area contributed by atoms with E-state index in [1.807, 2.05) is 6.07 Å². The molecule has 0 bridgehead atoms. The largest absolute Gasteiger partial charge is 0.492 e. The normalized spacial score (nSPS) is 15.8. The Kier molecular flexibility index (Phi) is 4.81. The molecule has 1 aliphatic rings. The van der Waals surface area contributed by atoms with Gasteiger partial charge in [-0.25, -0.2) is 8.78 Å². The van der Waals surface area contributed by atoms with Gasteiger partial charge in [-0.3, -0.25) is 9.69 Å². The highest BCUT2D eigenvalue weighted by molar-refractivity contribution is 7.81. The zero-order chi connectivity index (χ0) is 20.8. The van der Waals surface area contributed by atoms with E-state index >= 15 is 4.39 Å². The van der Waals surface area contributed by atoms with Gasteiger partial charge in [0, 0.05) is 5.69 Å². The van der Waals surface area contributed by atoms with Crippen LogP contribution in [0.25, 0.3) is 0 Å². The number of carbonyl (C=O) groups excluding carboxylic acids is 1. The van der Waals surface area contributed by atoms with Crippen molar-refractivity contribution in [3.8, 4) is 11.8 Å². The number of aryl methyl sites for hydroxylation is 1. The second kappa shape index (κ2) is 6.84. The molecule has 2 aromatic rings. The lowest BCUT2D eigenvalue weighted by molar-refractivity contribution is -0.120. The summed E-state index contributed by atoms with van der Waals surface area (Å²) in [4.78, 5) is 15.6. The lowest BCUT2D eigenvalue weighted by atomic mass is 10.0. The topological polar surface area (TPSA) is 56.6 Å². The molecule has 0 spiro atoms. The Morgan fingerprint density at radius 2 is 1.89 bits per heavy atom. The van der Waals surface area contributed by atoms with E-state index in [1.54, 1.807) is 32.9 Å². The molecule has 0 N–H and O–H groups in total. The predicted molar refractivity (Wildman–Crippen MR) is 105 cm³/mol. The van der Waals surface area contributed by atoms with Gasteiger partial charge in [0.15, 0.2) is 16.7 Å². The van der Waals surface area contributed by atoms with E-state index < -0.39 is 23.1 Å². The number of carbonyl (C=O) groups is 1. The molecule has 1 saturated heterocycles. The molecule has 28 heavy (non-hydrogen) atoms. The van der Waals surface area contributed by atoms with Gasteiger partial charge in [0.1, 0.15) is 17.4 Å². The van der Waals surface area contributed by atoms with Crippen molar-refractivity contribution in [1.82, 2.24) is 0 Å². The van der Waals surface area contributed by atoms with E-state index in [2.05, 4.69) is 0 Å². The van der Waals surface area contributed by atoms with Crippen LogP contribution in [0.15, 0.2) is 30.3 Å². The van der Waals surface area contributed by atoms with Crippen molar-refractivity contribution in [2.45, 2.75) is 26.3 Å². The third kappa shape index (κ3) is 2.79. The maximum atomic E-state index is 15.0. The number of thiocarbonyl (C=S) groups is 1. The van der Waals surface area contributed by atoms with Crippen LogP contribution in [0.5, 0.6) is 5.75 Å². The lowest BCUT2D eigenvalue weighted by Gasteiger charge is -2.29. The zero-order valence-electron chi connectivity index (χ0n) is 15.7. The summed E-state index contributed by atoms with van der Waals surface area (Å²) in [6, 6.07) is 9.02. The minimum absolute atomic E-state index is 0.00182. The van der Waals surface area contributed by atoms with E-state index in [1.165, 1.54) is 30.2 Å². The second-order valence-electron chi connectivity index (χ2n) is 6.84. The average molecular weight is 401 g/mol. The van der Waals surface area contributed by atoms with Crippen LogP contribution < -0.4 is 14.5 Å². The molecule has 1 amide bonds. The summed E-state index contributed by atoms with van der Waals surface area (Å²) >= 11 is 5.46. The van der Waals surface area contributed by atoms with Gasteiger partial charge < -0.3 is 9.64 Å². The fourth-order valence-electron chi connectivity index (χ4n) is 3.17. The summed E-state index contributed by atoms with van der Waals surface area (Å²) in [5.41, 5.74) is -0.466. The molecule has 5 nitrogen and oxygen atoms in total. The summed E-state index contributed by atoms with van der Waals surface area (Å²) < 4.78 is 34.1. The molecule has 1 heterocycles. The Morgan fingerprint density at radius 3 is 2.46 bits per heavy atom. The molecule has 0 unspecified atom stereocenters. The van der Waals surface area contributed by atoms with E-state index in [-0.39, 0.29) is 22.1 Å². The fraction of sp³-hybridized carbons (Fsp3) is 0.250. The molecule has 0 saturated carbocycles. The minimum atomic E-state index is -1.17. The summed E-state index contributed by atoms with van der Waals surface area (Å²) in [6.45, 7) is 4.87. The summed E-state index contributed by atoms with van der Waals surface area (Å²) in [7, 11) is 1.23. The van der Waals surface area contributed by atoms with Crippen molar-refractivity contribution < 1.29 is 18.3 Å². The number of hydrogen-bond donors (Lipinski definition) is 0. The zero-order valence-corrected chi connectivity index (χ0v) is 16.5. The lowest BCUT2D eigenvalue weighted by Crippen LogP contribution is -2.44. The quantitative estimate of drug-likeness (QED) is 0.726. The monoisotopic (exact) mass is 401 g/mol. The van der Waals surface area contributed by atoms with Gasteiger partial charge >= 0.3 is 0 Å². The van der Waals surface area contributed by atoms with Crippen LogP contribution in [-0.4, -0.2) is 23.7 Å². The number of nitrogens with zero attached hydrogens (tertiary/aromatic N) is 3. The van der Waals surface area contributed by atoms with Crippen LogP contribution >= 0.6 is 12.2 Å². The Bertz CT molecular complexity index is 1050. The van der Waals surface area contributed by atoms with E-state index in [4.69, 9.17) is 22.2 Å². The van der Waals surface area contributed by atoms with Crippen LogP contribution in [0, 0.1) is 29.9 Å². The highest BCUT2D eigenvalue weighted by Gasteiger charge is 2.51. The summed E-state index contributed by atoms with van der Waals surface area (Å²) in [5.74, 6) is -2.06. The molecular weight excluding hydrogens is 384 g/mol. The molecule has 3 rings (SSSR count). The van der Waals surface area contributed by atoms with Crippen molar-refractivity contribution in [2.75, 3.05) is 16.9 Å². The number of methoxy groups -OCH3 is 1. The molecule has 2 aromatic carbocycles. The first-order valence-electron chi connectivity index (χ1n) is 8.36. The van der Waals surface area contributed by atoms with Crippen LogP contribution in [-0.2, 0) is 4.79 Å². The number of benzene rings is 2. The van der Waals surface area contributed by atoms with Gasteiger partial charge in [-0.05, 0) is 62.8 Å². The number of ether oxygens (including phenoxy) is 1. The number of amides is 1. The SMILES string of the molecule is COc1c(C#N)ccc(N2C(=O)C(C)(C)N(c3ccc(C)c(F)c3)C2=S)c1F. The van der Waals surface area contributed by atoms with Crippen LogP contribution in [0.2, 0.25) is 0 Å². The first kappa shape index (κ1) is 19.7. The Balaban J connectivity index is 2.15. The van der Waals surface area contributed by atoms with Gasteiger partial charge in [-0.2, -0.15) is 5.26 Å². The van der Waals surface area contributed by atoms with Crippen molar-refractivity contribution in [2.24, 2.45) is 0 Å². The number of halogens is 2. The summed E-state index contributed by atoms with van der Waals surface area (Å²) in [5, 5.41) is 9.11. The van der Waals surface area contributed by atoms with Crippen molar-refractivity contribution in [3.05, 3.63) is 53.1 Å². The standard InChI is InChI=1S/C20H17F2N3O2S/c1-11-5-7-13(9-14(11)21)25-19(28)24(18(26)20(25,2)3)15-8-6-12(10-23)17(27-4)16(15)22/h5-9H,1-4H3. The smallest absolute Gasteiger partial charge is 0.259 e. The third-order valence-corrected chi connectivity index (χ3v) is 5.09. The molecule has 144 valence electrons. The van der Waals surface area contributed by atoms with Crippen LogP contribution in [0.3, 0.4) is 0 Å². The van der Waals surface area contributed by atoms with Gasteiger partial charge in [0.2, 0.25) is 0 Å². The van der Waals surface area contributed by atoms with Crippen molar-refractivity contribution in [1.29, 1.82) is 5.26 Å². The predicted octanol–water partition coefficient (Wildman–Crippen LogP) is 4.07. The molecule has 1 aliphatic heterocycles. The van der Waals surface area contributed by atoms with E-state index in [9.17, 15) is 9.18 Å².